The van der Waals surface area contributed by atoms with Crippen LogP contribution in [0.2, 0.25) is 0 Å². The van der Waals surface area contributed by atoms with Gasteiger partial charge in [0.1, 0.15) is 5.75 Å². The zero-order chi connectivity index (χ0) is 10.9. The third kappa shape index (κ3) is 4.84. The van der Waals surface area contributed by atoms with Crippen LogP contribution in [0.5, 0.6) is 5.75 Å². The molecule has 0 amide bonds. The van der Waals surface area contributed by atoms with Crippen molar-refractivity contribution in [3.63, 3.8) is 0 Å². The fourth-order valence-electron chi connectivity index (χ4n) is 1.55. The Bertz CT molecular complexity index is 273. The molecule has 2 nitrogen and oxygen atoms in total. The summed E-state index contributed by atoms with van der Waals surface area (Å²) in [5.41, 5.74) is 1.35. The SMILES string of the molecule is CCCNCCCc1cccc(OC)c1. The first-order chi connectivity index (χ1) is 7.36. The van der Waals surface area contributed by atoms with Gasteiger partial charge in [-0.2, -0.15) is 0 Å². The van der Waals surface area contributed by atoms with Crippen molar-refractivity contribution in [3.05, 3.63) is 29.8 Å². The average molecular weight is 207 g/mol. The van der Waals surface area contributed by atoms with E-state index in [9.17, 15) is 0 Å². The highest BCUT2D eigenvalue weighted by Crippen LogP contribution is 2.13. The van der Waals surface area contributed by atoms with Gasteiger partial charge in [0.15, 0.2) is 0 Å². The van der Waals surface area contributed by atoms with Crippen LogP contribution in [0.4, 0.5) is 0 Å². The van der Waals surface area contributed by atoms with Crippen molar-refractivity contribution in [2.45, 2.75) is 26.2 Å². The number of rotatable bonds is 7. The summed E-state index contributed by atoms with van der Waals surface area (Å²) >= 11 is 0. The summed E-state index contributed by atoms with van der Waals surface area (Å²) in [6.45, 7) is 4.41. The Morgan fingerprint density at radius 1 is 1.27 bits per heavy atom. The number of ether oxygens (including phenoxy) is 1. The Kier molecular flexibility index (Phi) is 5.86. The minimum Gasteiger partial charge on any atom is -0.497 e. The van der Waals surface area contributed by atoms with E-state index in [1.165, 1.54) is 18.4 Å². The van der Waals surface area contributed by atoms with Gasteiger partial charge in [-0.25, -0.2) is 0 Å². The van der Waals surface area contributed by atoms with E-state index in [4.69, 9.17) is 4.74 Å². The Balaban J connectivity index is 2.24. The predicted molar refractivity (Wildman–Crippen MR) is 64.5 cm³/mol. The number of aryl methyl sites for hydroxylation is 1. The quantitative estimate of drug-likeness (QED) is 0.694. The monoisotopic (exact) mass is 207 g/mol. The molecule has 0 saturated heterocycles. The number of hydrogen-bond acceptors (Lipinski definition) is 2. The molecule has 1 aromatic carbocycles. The van der Waals surface area contributed by atoms with Crippen LogP contribution >= 0.6 is 0 Å². The summed E-state index contributed by atoms with van der Waals surface area (Å²) in [7, 11) is 1.71. The Hall–Kier alpha value is -1.02. The lowest BCUT2D eigenvalue weighted by molar-refractivity contribution is 0.414. The molecule has 0 saturated carbocycles. The fraction of sp³-hybridized carbons (Fsp3) is 0.538. The van der Waals surface area contributed by atoms with Gasteiger partial charge in [-0.15, -0.1) is 0 Å². The van der Waals surface area contributed by atoms with Gasteiger partial charge in [0.2, 0.25) is 0 Å². The van der Waals surface area contributed by atoms with Crippen molar-refractivity contribution < 1.29 is 4.74 Å². The standard InChI is InChI=1S/C13H21NO/c1-3-9-14-10-5-7-12-6-4-8-13(11-12)15-2/h4,6,8,11,14H,3,5,7,9-10H2,1-2H3. The molecule has 0 radical (unpaired) electrons. The molecule has 0 aliphatic rings. The molecule has 0 spiro atoms. The predicted octanol–water partition coefficient (Wildman–Crippen LogP) is 2.63. The third-order valence-corrected chi connectivity index (χ3v) is 2.38. The van der Waals surface area contributed by atoms with Crippen LogP contribution < -0.4 is 10.1 Å². The van der Waals surface area contributed by atoms with Crippen molar-refractivity contribution in [2.24, 2.45) is 0 Å². The molecule has 1 rings (SSSR count). The van der Waals surface area contributed by atoms with Gasteiger partial charge in [-0.05, 0) is 50.0 Å². The maximum Gasteiger partial charge on any atom is 0.119 e. The van der Waals surface area contributed by atoms with E-state index in [1.54, 1.807) is 7.11 Å². The van der Waals surface area contributed by atoms with Gasteiger partial charge in [-0.3, -0.25) is 0 Å². The van der Waals surface area contributed by atoms with Gasteiger partial charge >= 0.3 is 0 Å². The molecular formula is C13H21NO. The summed E-state index contributed by atoms with van der Waals surface area (Å²) in [6, 6.07) is 8.30. The summed E-state index contributed by atoms with van der Waals surface area (Å²) in [4.78, 5) is 0. The number of hydrogen-bond donors (Lipinski definition) is 1. The first-order valence-corrected chi connectivity index (χ1v) is 5.70. The topological polar surface area (TPSA) is 21.3 Å². The summed E-state index contributed by atoms with van der Waals surface area (Å²) < 4.78 is 5.18. The van der Waals surface area contributed by atoms with E-state index in [0.717, 1.165) is 25.3 Å². The third-order valence-electron chi connectivity index (χ3n) is 2.38. The molecule has 1 N–H and O–H groups in total. The number of nitrogens with one attached hydrogen (secondary N) is 1. The zero-order valence-corrected chi connectivity index (χ0v) is 9.75. The lowest BCUT2D eigenvalue weighted by Gasteiger charge is -2.05. The van der Waals surface area contributed by atoms with Crippen molar-refractivity contribution in [1.29, 1.82) is 0 Å². The molecule has 0 atom stereocenters. The van der Waals surface area contributed by atoms with Crippen LogP contribution in [0.3, 0.4) is 0 Å². The van der Waals surface area contributed by atoms with Crippen LogP contribution in [-0.4, -0.2) is 20.2 Å². The highest BCUT2D eigenvalue weighted by atomic mass is 16.5. The molecule has 84 valence electrons. The Labute approximate surface area is 92.6 Å². The van der Waals surface area contributed by atoms with E-state index in [0.29, 0.717) is 0 Å². The van der Waals surface area contributed by atoms with Gasteiger partial charge < -0.3 is 10.1 Å². The molecule has 0 heterocycles. The molecule has 0 fully saturated rings. The van der Waals surface area contributed by atoms with E-state index < -0.39 is 0 Å². The van der Waals surface area contributed by atoms with Crippen LogP contribution in [0.25, 0.3) is 0 Å². The normalized spacial score (nSPS) is 10.3. The van der Waals surface area contributed by atoms with Gasteiger partial charge in [0.25, 0.3) is 0 Å². The van der Waals surface area contributed by atoms with E-state index in [2.05, 4.69) is 24.4 Å². The average Bonchev–Trinajstić information content (AvgIpc) is 2.29. The summed E-state index contributed by atoms with van der Waals surface area (Å²) in [5, 5.41) is 3.40. The molecule has 1 aromatic rings. The van der Waals surface area contributed by atoms with E-state index in [1.807, 2.05) is 12.1 Å². The fourth-order valence-corrected chi connectivity index (χ4v) is 1.55. The number of methoxy groups -OCH3 is 1. The molecular weight excluding hydrogens is 186 g/mol. The molecule has 0 aliphatic heterocycles. The lowest BCUT2D eigenvalue weighted by Crippen LogP contribution is -2.16. The smallest absolute Gasteiger partial charge is 0.119 e. The van der Waals surface area contributed by atoms with Crippen LogP contribution in [0.1, 0.15) is 25.3 Å². The number of benzene rings is 1. The highest BCUT2D eigenvalue weighted by Gasteiger charge is 1.95. The Morgan fingerprint density at radius 2 is 2.13 bits per heavy atom. The van der Waals surface area contributed by atoms with Crippen LogP contribution in [0.15, 0.2) is 24.3 Å². The van der Waals surface area contributed by atoms with Crippen molar-refractivity contribution in [3.8, 4) is 5.75 Å². The molecule has 0 aliphatic carbocycles. The summed E-state index contributed by atoms with van der Waals surface area (Å²) in [6.07, 6.45) is 3.51. The van der Waals surface area contributed by atoms with Crippen LogP contribution in [-0.2, 0) is 6.42 Å². The Morgan fingerprint density at radius 3 is 2.87 bits per heavy atom. The lowest BCUT2D eigenvalue weighted by atomic mass is 10.1. The van der Waals surface area contributed by atoms with Crippen molar-refractivity contribution >= 4 is 0 Å². The zero-order valence-electron chi connectivity index (χ0n) is 9.75. The van der Waals surface area contributed by atoms with Gasteiger partial charge in [-0.1, -0.05) is 19.1 Å². The first kappa shape index (κ1) is 12.1. The summed E-state index contributed by atoms with van der Waals surface area (Å²) in [5.74, 6) is 0.953. The van der Waals surface area contributed by atoms with Gasteiger partial charge in [0, 0.05) is 0 Å². The first-order valence-electron chi connectivity index (χ1n) is 5.70. The second-order valence-electron chi connectivity index (χ2n) is 3.71. The minimum atomic E-state index is 0.953. The molecule has 15 heavy (non-hydrogen) atoms. The highest BCUT2D eigenvalue weighted by molar-refractivity contribution is 5.28. The molecule has 0 aromatic heterocycles. The van der Waals surface area contributed by atoms with Crippen molar-refractivity contribution in [2.75, 3.05) is 20.2 Å². The van der Waals surface area contributed by atoms with Crippen molar-refractivity contribution in [1.82, 2.24) is 5.32 Å². The van der Waals surface area contributed by atoms with Gasteiger partial charge in [0.05, 0.1) is 7.11 Å². The minimum absolute atomic E-state index is 0.953. The second kappa shape index (κ2) is 7.30. The van der Waals surface area contributed by atoms with E-state index in [-0.39, 0.29) is 0 Å². The maximum absolute atomic E-state index is 5.18. The maximum atomic E-state index is 5.18. The van der Waals surface area contributed by atoms with E-state index >= 15 is 0 Å². The molecule has 2 heteroatoms. The molecule has 0 unspecified atom stereocenters. The van der Waals surface area contributed by atoms with Crippen LogP contribution in [0, 0.1) is 0 Å². The second-order valence-corrected chi connectivity index (χ2v) is 3.71. The molecule has 0 bridgehead atoms. The largest absolute Gasteiger partial charge is 0.497 e.